The van der Waals surface area contributed by atoms with Crippen molar-refractivity contribution < 1.29 is 4.79 Å². The summed E-state index contributed by atoms with van der Waals surface area (Å²) in [6.07, 6.45) is 3.79. The van der Waals surface area contributed by atoms with Crippen molar-refractivity contribution in [3.8, 4) is 0 Å². The van der Waals surface area contributed by atoms with E-state index in [0.29, 0.717) is 13.0 Å². The summed E-state index contributed by atoms with van der Waals surface area (Å²) in [6.45, 7) is 4.44. The molecule has 6 nitrogen and oxygen atoms in total. The first-order valence-corrected chi connectivity index (χ1v) is 5.59. The van der Waals surface area contributed by atoms with Crippen molar-refractivity contribution in [3.63, 3.8) is 0 Å². The Balaban J connectivity index is 2.21. The molecule has 0 atom stereocenters. The molecule has 0 saturated carbocycles. The quantitative estimate of drug-likeness (QED) is 0.612. The summed E-state index contributed by atoms with van der Waals surface area (Å²) in [6, 6.07) is 0. The van der Waals surface area contributed by atoms with E-state index >= 15 is 0 Å². The van der Waals surface area contributed by atoms with Gasteiger partial charge in [-0.2, -0.15) is 5.10 Å². The number of carbonyl (C=O) groups is 1. The molecule has 0 spiro atoms. The maximum absolute atomic E-state index is 10.5. The molecule has 16 heavy (non-hydrogen) atoms. The van der Waals surface area contributed by atoms with Crippen molar-refractivity contribution in [1.29, 1.82) is 0 Å². The molecule has 1 amide bonds. The summed E-state index contributed by atoms with van der Waals surface area (Å²) in [4.78, 5) is 14.7. The third kappa shape index (κ3) is 4.39. The van der Waals surface area contributed by atoms with Crippen molar-refractivity contribution in [2.75, 3.05) is 6.54 Å². The lowest BCUT2D eigenvalue weighted by molar-refractivity contribution is -0.118. The van der Waals surface area contributed by atoms with Gasteiger partial charge in [0.2, 0.25) is 5.91 Å². The molecule has 0 aliphatic rings. The van der Waals surface area contributed by atoms with Crippen molar-refractivity contribution in [1.82, 2.24) is 20.1 Å². The molecular weight excluding hydrogens is 206 g/mol. The predicted molar refractivity (Wildman–Crippen MR) is 60.4 cm³/mol. The average molecular weight is 225 g/mol. The van der Waals surface area contributed by atoms with E-state index in [1.807, 2.05) is 4.68 Å². The van der Waals surface area contributed by atoms with E-state index < -0.39 is 0 Å². The van der Waals surface area contributed by atoms with Crippen molar-refractivity contribution in [2.24, 2.45) is 5.73 Å². The second-order valence-corrected chi connectivity index (χ2v) is 3.65. The molecule has 0 saturated heterocycles. The number of primary amides is 1. The van der Waals surface area contributed by atoms with Crippen LogP contribution in [0, 0.1) is 0 Å². The van der Waals surface area contributed by atoms with E-state index in [2.05, 4.69) is 22.3 Å². The molecule has 0 unspecified atom stereocenters. The summed E-state index contributed by atoms with van der Waals surface area (Å²) in [5.41, 5.74) is 5.04. The van der Waals surface area contributed by atoms with E-state index in [1.165, 1.54) is 0 Å². The largest absolute Gasteiger partial charge is 0.370 e. The van der Waals surface area contributed by atoms with Crippen molar-refractivity contribution in [3.05, 3.63) is 12.2 Å². The summed E-state index contributed by atoms with van der Waals surface area (Å²) in [5.74, 6) is 0.678. The smallest absolute Gasteiger partial charge is 0.217 e. The Morgan fingerprint density at radius 2 is 2.44 bits per heavy atom. The van der Waals surface area contributed by atoms with Crippen molar-refractivity contribution in [2.45, 2.75) is 39.3 Å². The monoisotopic (exact) mass is 225 g/mol. The number of nitrogens with two attached hydrogens (primary N) is 1. The second kappa shape index (κ2) is 6.95. The highest BCUT2D eigenvalue weighted by molar-refractivity contribution is 5.73. The zero-order valence-electron chi connectivity index (χ0n) is 9.65. The molecule has 90 valence electrons. The van der Waals surface area contributed by atoms with Crippen LogP contribution in [0.2, 0.25) is 0 Å². The molecule has 1 heterocycles. The minimum absolute atomic E-state index is 0.254. The summed E-state index contributed by atoms with van der Waals surface area (Å²) < 4.78 is 1.89. The van der Waals surface area contributed by atoms with Gasteiger partial charge in [0, 0.05) is 13.0 Å². The second-order valence-electron chi connectivity index (χ2n) is 3.65. The van der Waals surface area contributed by atoms with Gasteiger partial charge in [-0.15, -0.1) is 0 Å². The van der Waals surface area contributed by atoms with Gasteiger partial charge in [0.05, 0.1) is 6.54 Å². The fourth-order valence-corrected chi connectivity index (χ4v) is 1.41. The fourth-order valence-electron chi connectivity index (χ4n) is 1.41. The zero-order valence-corrected chi connectivity index (χ0v) is 9.65. The number of aryl methyl sites for hydroxylation is 1. The first-order valence-electron chi connectivity index (χ1n) is 5.59. The lowest BCUT2D eigenvalue weighted by Crippen LogP contribution is -2.20. The number of hydrogen-bond acceptors (Lipinski definition) is 4. The standard InChI is InChI=1S/C10H19N5O/c1-2-6-15-10(13-8-14-15)7-12-5-3-4-9(11)16/h8,12H,2-7H2,1H3,(H2,11,16). The third-order valence-electron chi connectivity index (χ3n) is 2.19. The van der Waals surface area contributed by atoms with Crippen LogP contribution in [-0.2, 0) is 17.9 Å². The van der Waals surface area contributed by atoms with Crippen LogP contribution in [0.1, 0.15) is 32.0 Å². The molecule has 0 aromatic carbocycles. The highest BCUT2D eigenvalue weighted by Crippen LogP contribution is 1.95. The number of nitrogens with zero attached hydrogens (tertiary/aromatic N) is 3. The van der Waals surface area contributed by atoms with Crippen LogP contribution in [0.25, 0.3) is 0 Å². The number of nitrogens with one attached hydrogen (secondary N) is 1. The molecule has 0 fully saturated rings. The van der Waals surface area contributed by atoms with Crippen LogP contribution in [0.15, 0.2) is 6.33 Å². The van der Waals surface area contributed by atoms with Gasteiger partial charge in [-0.05, 0) is 19.4 Å². The minimum atomic E-state index is -0.254. The Morgan fingerprint density at radius 1 is 1.62 bits per heavy atom. The Hall–Kier alpha value is -1.43. The fraction of sp³-hybridized carbons (Fsp3) is 0.700. The summed E-state index contributed by atoms with van der Waals surface area (Å²) in [5, 5.41) is 7.34. The van der Waals surface area contributed by atoms with Gasteiger partial charge in [0.1, 0.15) is 12.2 Å². The molecule has 1 aromatic rings. The molecule has 0 bridgehead atoms. The Labute approximate surface area is 95.2 Å². The van der Waals surface area contributed by atoms with Gasteiger partial charge in [-0.3, -0.25) is 4.79 Å². The topological polar surface area (TPSA) is 85.8 Å². The Bertz CT molecular complexity index is 323. The number of rotatable bonds is 8. The maximum Gasteiger partial charge on any atom is 0.217 e. The van der Waals surface area contributed by atoms with Crippen LogP contribution in [0.5, 0.6) is 0 Å². The Kier molecular flexibility index (Phi) is 5.49. The first kappa shape index (κ1) is 12.6. The molecule has 0 aliphatic carbocycles. The Morgan fingerprint density at radius 3 is 3.12 bits per heavy atom. The molecule has 0 radical (unpaired) electrons. The molecule has 1 rings (SSSR count). The van der Waals surface area contributed by atoms with Crippen LogP contribution < -0.4 is 11.1 Å². The van der Waals surface area contributed by atoms with E-state index in [1.54, 1.807) is 6.33 Å². The van der Waals surface area contributed by atoms with Gasteiger partial charge >= 0.3 is 0 Å². The van der Waals surface area contributed by atoms with Crippen LogP contribution in [0.4, 0.5) is 0 Å². The predicted octanol–water partition coefficient (Wildman–Crippen LogP) is 0.0432. The van der Waals surface area contributed by atoms with Crippen LogP contribution >= 0.6 is 0 Å². The molecule has 0 aliphatic heterocycles. The van der Waals surface area contributed by atoms with Crippen molar-refractivity contribution >= 4 is 5.91 Å². The number of hydrogen-bond donors (Lipinski definition) is 2. The van der Waals surface area contributed by atoms with Gasteiger partial charge in [-0.25, -0.2) is 9.67 Å². The van der Waals surface area contributed by atoms with Gasteiger partial charge in [-0.1, -0.05) is 6.92 Å². The summed E-state index contributed by atoms with van der Waals surface area (Å²) in [7, 11) is 0. The average Bonchev–Trinajstić information content (AvgIpc) is 2.65. The van der Waals surface area contributed by atoms with Crippen LogP contribution in [0.3, 0.4) is 0 Å². The van der Waals surface area contributed by atoms with E-state index in [-0.39, 0.29) is 5.91 Å². The minimum Gasteiger partial charge on any atom is -0.370 e. The number of aromatic nitrogens is 3. The normalized spacial score (nSPS) is 10.6. The maximum atomic E-state index is 10.5. The number of amides is 1. The van der Waals surface area contributed by atoms with Gasteiger partial charge < -0.3 is 11.1 Å². The molecular formula is C10H19N5O. The lowest BCUT2D eigenvalue weighted by atomic mass is 10.3. The first-order chi connectivity index (χ1) is 7.74. The lowest BCUT2D eigenvalue weighted by Gasteiger charge is -2.05. The zero-order chi connectivity index (χ0) is 11.8. The number of carbonyl (C=O) groups excluding carboxylic acids is 1. The van der Waals surface area contributed by atoms with E-state index in [0.717, 1.165) is 31.8 Å². The molecule has 3 N–H and O–H groups in total. The molecule has 6 heteroatoms. The van der Waals surface area contributed by atoms with Gasteiger partial charge in [0.25, 0.3) is 0 Å². The van der Waals surface area contributed by atoms with E-state index in [9.17, 15) is 4.79 Å². The SMILES string of the molecule is CCCn1ncnc1CNCCCC(N)=O. The molecule has 1 aromatic heterocycles. The highest BCUT2D eigenvalue weighted by atomic mass is 16.1. The van der Waals surface area contributed by atoms with E-state index in [4.69, 9.17) is 5.73 Å². The van der Waals surface area contributed by atoms with Gasteiger partial charge in [0.15, 0.2) is 0 Å². The highest BCUT2D eigenvalue weighted by Gasteiger charge is 2.02. The van der Waals surface area contributed by atoms with Crippen LogP contribution in [-0.4, -0.2) is 27.2 Å². The summed E-state index contributed by atoms with van der Waals surface area (Å²) >= 11 is 0. The third-order valence-corrected chi connectivity index (χ3v) is 2.19.